The zero-order chi connectivity index (χ0) is 13.6. The Hall–Kier alpha value is -0.860. The molecular formula is C15H21ClFN. The summed E-state index contributed by atoms with van der Waals surface area (Å²) >= 11 is 5.70. The molecule has 0 spiro atoms. The molecule has 100 valence electrons. The van der Waals surface area contributed by atoms with Crippen LogP contribution in [0.3, 0.4) is 0 Å². The molecule has 0 aliphatic heterocycles. The van der Waals surface area contributed by atoms with Crippen LogP contribution < -0.4 is 5.32 Å². The first kappa shape index (κ1) is 15.2. The van der Waals surface area contributed by atoms with E-state index < -0.39 is 0 Å². The van der Waals surface area contributed by atoms with Gasteiger partial charge in [-0.15, -0.1) is 0 Å². The van der Waals surface area contributed by atoms with Crippen LogP contribution in [0.1, 0.15) is 32.8 Å². The first-order chi connectivity index (χ1) is 8.38. The summed E-state index contributed by atoms with van der Waals surface area (Å²) in [6, 6.07) is 4.80. The Morgan fingerprint density at radius 2 is 2.00 bits per heavy atom. The maximum Gasteiger partial charge on any atom is 0.128 e. The number of benzene rings is 1. The molecule has 0 aliphatic rings. The van der Waals surface area contributed by atoms with E-state index in [1.807, 2.05) is 6.08 Å². The first-order valence-electron chi connectivity index (χ1n) is 6.22. The Balaban J connectivity index is 2.32. The van der Waals surface area contributed by atoms with Gasteiger partial charge in [0.2, 0.25) is 0 Å². The Morgan fingerprint density at radius 3 is 2.61 bits per heavy atom. The molecule has 1 aromatic carbocycles. The van der Waals surface area contributed by atoms with Gasteiger partial charge in [-0.3, -0.25) is 0 Å². The number of rotatable bonds is 5. The van der Waals surface area contributed by atoms with Gasteiger partial charge in [-0.1, -0.05) is 29.8 Å². The monoisotopic (exact) mass is 269 g/mol. The molecule has 0 fully saturated rings. The van der Waals surface area contributed by atoms with Crippen molar-refractivity contribution in [2.24, 2.45) is 0 Å². The van der Waals surface area contributed by atoms with Crippen molar-refractivity contribution in [1.29, 1.82) is 0 Å². The van der Waals surface area contributed by atoms with Gasteiger partial charge in [0.25, 0.3) is 0 Å². The smallest absolute Gasteiger partial charge is 0.128 e. The molecule has 1 rings (SSSR count). The Morgan fingerprint density at radius 1 is 1.28 bits per heavy atom. The van der Waals surface area contributed by atoms with Gasteiger partial charge in [-0.25, -0.2) is 4.39 Å². The van der Waals surface area contributed by atoms with Gasteiger partial charge in [0.05, 0.1) is 0 Å². The molecule has 0 radical (unpaired) electrons. The van der Waals surface area contributed by atoms with Crippen molar-refractivity contribution >= 4 is 11.6 Å². The number of hydrogen-bond acceptors (Lipinski definition) is 1. The lowest BCUT2D eigenvalue weighted by molar-refractivity contribution is 0.431. The van der Waals surface area contributed by atoms with E-state index in [4.69, 9.17) is 11.6 Å². The molecule has 0 bridgehead atoms. The van der Waals surface area contributed by atoms with E-state index >= 15 is 0 Å². The average molecular weight is 270 g/mol. The number of nitrogens with one attached hydrogen (secondary N) is 1. The highest BCUT2D eigenvalue weighted by Gasteiger charge is 2.06. The molecule has 18 heavy (non-hydrogen) atoms. The summed E-state index contributed by atoms with van der Waals surface area (Å²) in [5, 5.41) is 3.84. The van der Waals surface area contributed by atoms with E-state index in [1.165, 1.54) is 6.07 Å². The Labute approximate surface area is 114 Å². The minimum atomic E-state index is -0.236. The molecule has 0 aromatic heterocycles. The fraction of sp³-hybridized carbons (Fsp3) is 0.467. The van der Waals surface area contributed by atoms with Gasteiger partial charge in [0, 0.05) is 10.6 Å². The van der Waals surface area contributed by atoms with E-state index in [0.29, 0.717) is 17.0 Å². The summed E-state index contributed by atoms with van der Waals surface area (Å²) in [7, 11) is 0. The van der Waals surface area contributed by atoms with Gasteiger partial charge in [-0.2, -0.15) is 0 Å². The summed E-state index contributed by atoms with van der Waals surface area (Å²) in [4.78, 5) is 0. The zero-order valence-electron chi connectivity index (χ0n) is 11.3. The van der Waals surface area contributed by atoms with Gasteiger partial charge in [0.15, 0.2) is 0 Å². The predicted octanol–water partition coefficient (Wildman–Crippen LogP) is 4.36. The number of allylic oxidation sites excluding steroid dienone is 1. The van der Waals surface area contributed by atoms with Gasteiger partial charge < -0.3 is 5.32 Å². The van der Waals surface area contributed by atoms with E-state index in [9.17, 15) is 4.39 Å². The second-order valence-electron chi connectivity index (χ2n) is 5.38. The number of hydrogen-bond donors (Lipinski definition) is 1. The second kappa shape index (κ2) is 6.91. The third-order valence-electron chi connectivity index (χ3n) is 2.49. The average Bonchev–Trinajstić information content (AvgIpc) is 2.24. The van der Waals surface area contributed by atoms with Crippen LogP contribution in [-0.4, -0.2) is 12.1 Å². The SMILES string of the molecule is CC(C)(C)NCC/C=C/Cc1ccc(Cl)cc1F. The lowest BCUT2D eigenvalue weighted by Crippen LogP contribution is -2.36. The van der Waals surface area contributed by atoms with Crippen LogP contribution in [0, 0.1) is 5.82 Å². The predicted molar refractivity (Wildman–Crippen MR) is 76.6 cm³/mol. The summed E-state index contributed by atoms with van der Waals surface area (Å²) in [5.41, 5.74) is 0.829. The lowest BCUT2D eigenvalue weighted by Gasteiger charge is -2.19. The zero-order valence-corrected chi connectivity index (χ0v) is 12.0. The van der Waals surface area contributed by atoms with Crippen molar-refractivity contribution in [2.45, 2.75) is 39.2 Å². The summed E-state index contributed by atoms with van der Waals surface area (Å²) in [6.07, 6.45) is 5.63. The van der Waals surface area contributed by atoms with Crippen molar-refractivity contribution < 1.29 is 4.39 Å². The van der Waals surface area contributed by atoms with Crippen molar-refractivity contribution in [3.05, 3.63) is 46.8 Å². The molecule has 1 nitrogen and oxygen atoms in total. The molecule has 0 atom stereocenters. The summed E-state index contributed by atoms with van der Waals surface area (Å²) in [5.74, 6) is -0.236. The molecule has 1 N–H and O–H groups in total. The topological polar surface area (TPSA) is 12.0 Å². The maximum atomic E-state index is 13.5. The fourth-order valence-electron chi connectivity index (χ4n) is 1.55. The molecule has 0 aliphatic carbocycles. The van der Waals surface area contributed by atoms with E-state index in [2.05, 4.69) is 32.2 Å². The second-order valence-corrected chi connectivity index (χ2v) is 5.81. The third-order valence-corrected chi connectivity index (χ3v) is 2.72. The van der Waals surface area contributed by atoms with Crippen molar-refractivity contribution in [3.63, 3.8) is 0 Å². The lowest BCUT2D eigenvalue weighted by atomic mass is 10.1. The standard InChI is InChI=1S/C15H21ClFN/c1-15(2,3)18-10-6-4-5-7-12-8-9-13(16)11-14(12)17/h4-5,8-9,11,18H,6-7,10H2,1-3H3/b5-4+. The quantitative estimate of drug-likeness (QED) is 0.619. The van der Waals surface area contributed by atoms with Crippen LogP contribution in [-0.2, 0) is 6.42 Å². The van der Waals surface area contributed by atoms with Crippen LogP contribution in [0.5, 0.6) is 0 Å². The van der Waals surface area contributed by atoms with Gasteiger partial charge in [-0.05, 0) is 57.9 Å². The summed E-state index contributed by atoms with van der Waals surface area (Å²) in [6.45, 7) is 7.35. The molecule has 1 aromatic rings. The highest BCUT2D eigenvalue weighted by Crippen LogP contribution is 2.15. The van der Waals surface area contributed by atoms with Crippen molar-refractivity contribution in [1.82, 2.24) is 5.32 Å². The highest BCUT2D eigenvalue weighted by molar-refractivity contribution is 6.30. The third kappa shape index (κ3) is 6.18. The van der Waals surface area contributed by atoms with E-state index in [1.54, 1.807) is 12.1 Å². The molecule has 3 heteroatoms. The number of halogens is 2. The van der Waals surface area contributed by atoms with Gasteiger partial charge >= 0.3 is 0 Å². The molecular weight excluding hydrogens is 249 g/mol. The minimum absolute atomic E-state index is 0.149. The largest absolute Gasteiger partial charge is 0.312 e. The molecule has 0 saturated carbocycles. The fourth-order valence-corrected chi connectivity index (χ4v) is 1.70. The maximum absolute atomic E-state index is 13.5. The first-order valence-corrected chi connectivity index (χ1v) is 6.60. The van der Waals surface area contributed by atoms with Crippen LogP contribution in [0.4, 0.5) is 4.39 Å². The normalized spacial score (nSPS) is 12.3. The van der Waals surface area contributed by atoms with Crippen LogP contribution in [0.2, 0.25) is 5.02 Å². The van der Waals surface area contributed by atoms with Crippen LogP contribution >= 0.6 is 11.6 Å². The van der Waals surface area contributed by atoms with Crippen LogP contribution in [0.25, 0.3) is 0 Å². The molecule has 0 heterocycles. The molecule has 0 saturated heterocycles. The Kier molecular flexibility index (Phi) is 5.83. The molecule has 0 amide bonds. The van der Waals surface area contributed by atoms with E-state index in [0.717, 1.165) is 13.0 Å². The highest BCUT2D eigenvalue weighted by atomic mass is 35.5. The molecule has 0 unspecified atom stereocenters. The van der Waals surface area contributed by atoms with Crippen molar-refractivity contribution in [2.75, 3.05) is 6.54 Å². The minimum Gasteiger partial charge on any atom is -0.312 e. The van der Waals surface area contributed by atoms with E-state index in [-0.39, 0.29) is 11.4 Å². The van der Waals surface area contributed by atoms with Crippen LogP contribution in [0.15, 0.2) is 30.4 Å². The summed E-state index contributed by atoms with van der Waals surface area (Å²) < 4.78 is 13.5. The van der Waals surface area contributed by atoms with Gasteiger partial charge in [0.1, 0.15) is 5.82 Å². The Bertz CT molecular complexity index is 407. The van der Waals surface area contributed by atoms with Crippen molar-refractivity contribution in [3.8, 4) is 0 Å².